The summed E-state index contributed by atoms with van der Waals surface area (Å²) >= 11 is 6.13. The summed E-state index contributed by atoms with van der Waals surface area (Å²) in [6, 6.07) is 13.8. The van der Waals surface area contributed by atoms with Crippen molar-refractivity contribution in [1.82, 2.24) is 73.4 Å². The van der Waals surface area contributed by atoms with Gasteiger partial charge in [-0.15, -0.1) is 13.2 Å². The van der Waals surface area contributed by atoms with Crippen LogP contribution in [0.2, 0.25) is 5.02 Å². The number of ether oxygens (including phenoxy) is 1. The van der Waals surface area contributed by atoms with E-state index in [2.05, 4.69) is 70.9 Å². The van der Waals surface area contributed by atoms with E-state index in [0.29, 0.717) is 68.8 Å². The minimum atomic E-state index is -4.83. The minimum absolute atomic E-state index is 0.0167. The van der Waals surface area contributed by atoms with Crippen LogP contribution in [-0.4, -0.2) is 154 Å². The Balaban J connectivity index is 0.000000153. The van der Waals surface area contributed by atoms with Crippen molar-refractivity contribution in [1.29, 1.82) is 5.26 Å². The van der Waals surface area contributed by atoms with Crippen LogP contribution in [0.5, 0.6) is 5.75 Å². The van der Waals surface area contributed by atoms with Crippen LogP contribution in [0.1, 0.15) is 161 Å². The number of benzene rings is 3. The zero-order chi connectivity index (χ0) is 84.9. The fourth-order valence-corrected chi connectivity index (χ4v) is 17.0. The highest BCUT2D eigenvalue weighted by molar-refractivity contribution is 6.31. The van der Waals surface area contributed by atoms with Gasteiger partial charge < -0.3 is 53.8 Å². The van der Waals surface area contributed by atoms with Crippen molar-refractivity contribution in [3.05, 3.63) is 153 Å². The van der Waals surface area contributed by atoms with Crippen molar-refractivity contribution in [3.8, 4) is 81.1 Å². The number of nitrogens with two attached hydrogens (primary N) is 6. The molecule has 0 atom stereocenters. The molecule has 6 aromatic heterocycles. The van der Waals surface area contributed by atoms with E-state index in [9.17, 15) is 73.5 Å². The van der Waals surface area contributed by atoms with Crippen molar-refractivity contribution in [2.75, 3.05) is 56.5 Å². The minimum Gasteiger partial charge on any atom is -0.405 e. The van der Waals surface area contributed by atoms with E-state index in [-0.39, 0.29) is 150 Å². The Bertz CT molecular complexity index is 5730. The second-order valence-electron chi connectivity index (χ2n) is 30.2. The number of rotatable bonds is 16. The van der Waals surface area contributed by atoms with Gasteiger partial charge in [-0.25, -0.2) is 14.0 Å². The number of para-hydroxylation sites is 1. The average Bonchev–Trinajstić information content (AvgIpc) is 1.59. The lowest BCUT2D eigenvalue weighted by molar-refractivity contribution is -0.275. The SMILES string of the molecule is CC#CC(=O)N1CCC2(CC(n3nc(-c4cnn(Cc5cc(C(F)(F)F)ccc5Cl)c4)c(C(N)=O)c3N)C2)C1.CC#CC(=O)N1CCC2(CC(n3nc(-c4cnn(Cc5cccc(C(F)(F)F)c5C#N)c4)c(C(N)=O)c3N)C2)C1.CC#CC(=O)N1CCC2(CC(n3nc(-c4cnn(Cc5ccccc5OC(F)(F)F)c4)c(C(N)=O)c3N)C2)C1. The highest BCUT2D eigenvalue weighted by Crippen LogP contribution is 2.58. The summed E-state index contributed by atoms with van der Waals surface area (Å²) in [5, 5.41) is 36.0. The molecule has 12 N–H and O–H groups in total. The van der Waals surface area contributed by atoms with Crippen molar-refractivity contribution in [2.45, 2.75) is 135 Å². The van der Waals surface area contributed by atoms with Crippen LogP contribution < -0.4 is 39.1 Å². The molecule has 9 aromatic rings. The summed E-state index contributed by atoms with van der Waals surface area (Å²) in [7, 11) is 0. The van der Waals surface area contributed by atoms with Crippen LogP contribution in [0.15, 0.2) is 97.8 Å². The first kappa shape index (κ1) is 82.7. The van der Waals surface area contributed by atoms with Gasteiger partial charge in [0, 0.05) is 85.1 Å². The van der Waals surface area contributed by atoms with Crippen LogP contribution in [0.25, 0.3) is 33.8 Å². The van der Waals surface area contributed by atoms with Gasteiger partial charge in [-0.3, -0.25) is 42.8 Å². The largest absolute Gasteiger partial charge is 0.573 e. The van der Waals surface area contributed by atoms with Crippen molar-refractivity contribution < 1.29 is 73.0 Å². The van der Waals surface area contributed by atoms with Gasteiger partial charge in [0.15, 0.2) is 0 Å². The summed E-state index contributed by atoms with van der Waals surface area (Å²) in [6.45, 7) is 8.44. The normalized spacial score (nSPS) is 20.3. The predicted molar refractivity (Wildman–Crippen MR) is 408 cm³/mol. The van der Waals surface area contributed by atoms with Crippen LogP contribution in [0.4, 0.5) is 57.0 Å². The van der Waals surface area contributed by atoms with Crippen LogP contribution in [0.3, 0.4) is 0 Å². The van der Waals surface area contributed by atoms with E-state index in [0.717, 1.165) is 63.1 Å². The smallest absolute Gasteiger partial charge is 0.405 e. The molecule has 15 rings (SSSR count). The first-order valence-electron chi connectivity index (χ1n) is 36.9. The number of carbonyl (C=O) groups excluding carboxylic acids is 6. The number of hydrogen-bond acceptors (Lipinski definition) is 17. The van der Waals surface area contributed by atoms with E-state index >= 15 is 0 Å². The molecule has 3 aliphatic carbocycles. The Labute approximate surface area is 672 Å². The molecule has 6 amide bonds. The number of primary amides is 3. The Morgan fingerprint density at radius 2 is 0.873 bits per heavy atom. The topological polar surface area (TPSA) is 408 Å². The van der Waals surface area contributed by atoms with Crippen LogP contribution in [0, 0.1) is 63.1 Å². The molecule has 6 fully saturated rings. The van der Waals surface area contributed by atoms with Crippen LogP contribution in [-0.2, 0) is 46.4 Å². The number of anilines is 3. The van der Waals surface area contributed by atoms with E-state index in [1.807, 2.05) is 0 Å². The predicted octanol–water partition coefficient (Wildman–Crippen LogP) is 9.62. The Morgan fingerprint density at radius 3 is 1.22 bits per heavy atom. The van der Waals surface area contributed by atoms with Gasteiger partial charge in [0.1, 0.15) is 63.0 Å². The fraction of sp³-hybridized carbons (Fsp3) is 0.380. The highest BCUT2D eigenvalue weighted by atomic mass is 35.5. The number of nitrogens with zero attached hydrogens (tertiary/aromatic N) is 16. The number of amides is 6. The number of hydrogen-bond donors (Lipinski definition) is 6. The molecule has 0 bridgehead atoms. The summed E-state index contributed by atoms with van der Waals surface area (Å²) in [4.78, 5) is 78.8. The zero-order valence-corrected chi connectivity index (χ0v) is 64.2. The maximum Gasteiger partial charge on any atom is 0.573 e. The highest BCUT2D eigenvalue weighted by Gasteiger charge is 2.54. The van der Waals surface area contributed by atoms with Gasteiger partial charge in [0.2, 0.25) is 0 Å². The molecule has 3 aromatic carbocycles. The molecular formula is C79H76ClF9N22O7. The molecule has 3 saturated heterocycles. The van der Waals surface area contributed by atoms with E-state index in [4.69, 9.17) is 46.0 Å². The summed E-state index contributed by atoms with van der Waals surface area (Å²) in [5.41, 5.74) is 36.2. The van der Waals surface area contributed by atoms with Gasteiger partial charge in [-0.2, -0.15) is 62.2 Å². The molecule has 29 nitrogen and oxygen atoms in total. The van der Waals surface area contributed by atoms with E-state index < -0.39 is 53.1 Å². The zero-order valence-electron chi connectivity index (χ0n) is 63.5. The third kappa shape index (κ3) is 16.9. The molecule has 0 radical (unpaired) electrons. The number of carbonyl (C=O) groups is 6. The van der Waals surface area contributed by atoms with Gasteiger partial charge >= 0.3 is 18.7 Å². The van der Waals surface area contributed by atoms with Crippen molar-refractivity contribution in [2.24, 2.45) is 33.4 Å². The summed E-state index contributed by atoms with van der Waals surface area (Å²) in [5.74, 6) is 12.8. The Morgan fingerprint density at radius 1 is 0.508 bits per heavy atom. The Kier molecular flexibility index (Phi) is 22.5. The first-order valence-corrected chi connectivity index (χ1v) is 37.3. The fourth-order valence-electron chi connectivity index (χ4n) is 16.8. The standard InChI is InChI=1S/C27H25F3N8O2.C26H25ClF3N7O2.C26H26F3N7O3/c1-2-4-21(39)36-8-7-26(15-36)9-18(10-26)38-24(32)22(25(33)40)23(35-38)17-12-34-37(14-17)13-16-5-3-6-20(19(16)11-31)27(28,29)30;1-2-3-20(38)35-7-6-25(14-35)9-18(10-25)37-23(31)21(24(32)39)22(34-37)16-11-33-36(13-16)12-15-8-17(26(28,29)30)4-5-19(15)27;1-2-5-20(37)34-9-8-25(15-34)10-18(11-25)36-23(30)21(24(31)38)22(33-36)17-12-32-35(14-17)13-16-6-3-4-7-19(16)39-26(27,28)29/h3,5-6,12,14,18H,7-10,13,15,32H2,1H3,(H2,33,40);4-5,8,11,13,18H,6-7,9-10,12,14,31H2,1H3,(H2,32,39);3-4,6-7,12,14,18H,8-11,13,15,30H2,1H3,(H2,31,38). The molecule has 614 valence electrons. The van der Waals surface area contributed by atoms with E-state index in [1.165, 1.54) is 75.2 Å². The van der Waals surface area contributed by atoms with Gasteiger partial charge in [0.25, 0.3) is 35.4 Å². The van der Waals surface area contributed by atoms with Gasteiger partial charge in [-0.05, 0) is 154 Å². The van der Waals surface area contributed by atoms with E-state index in [1.54, 1.807) is 74.0 Å². The lowest BCUT2D eigenvalue weighted by Crippen LogP contribution is -2.42. The monoisotopic (exact) mass is 1650 g/mol. The molecule has 3 aliphatic heterocycles. The number of aromatic nitrogens is 12. The van der Waals surface area contributed by atoms with Gasteiger partial charge in [0.05, 0.1) is 73.0 Å². The van der Waals surface area contributed by atoms with Crippen LogP contribution >= 0.6 is 11.6 Å². The quantitative estimate of drug-likeness (QED) is 0.0387. The molecule has 6 aliphatic rings. The molecule has 9 heterocycles. The Hall–Kier alpha value is -13.2. The number of halogens is 10. The number of likely N-dealkylation sites (tertiary alicyclic amines) is 3. The molecule has 3 saturated carbocycles. The lowest BCUT2D eigenvalue weighted by atomic mass is 9.65. The average molecular weight is 1650 g/mol. The number of alkyl halides is 9. The molecule has 118 heavy (non-hydrogen) atoms. The van der Waals surface area contributed by atoms with Crippen molar-refractivity contribution >= 4 is 64.5 Å². The summed E-state index contributed by atoms with van der Waals surface area (Å²) in [6.07, 6.45) is 1.79. The lowest BCUT2D eigenvalue weighted by Gasteiger charge is -2.45. The summed E-state index contributed by atoms with van der Waals surface area (Å²) < 4.78 is 131. The third-order valence-corrected chi connectivity index (χ3v) is 22.7. The first-order chi connectivity index (χ1) is 55.8. The maximum atomic E-state index is 13.4. The number of nitriles is 1. The third-order valence-electron chi connectivity index (χ3n) is 22.4. The molecule has 3 spiro atoms. The van der Waals surface area contributed by atoms with Gasteiger partial charge in [-0.1, -0.05) is 59.7 Å². The molecule has 39 heteroatoms. The second kappa shape index (κ2) is 32.1. The van der Waals surface area contributed by atoms with Crippen molar-refractivity contribution in [3.63, 3.8) is 0 Å². The second-order valence-corrected chi connectivity index (χ2v) is 30.6. The number of nitrogen functional groups attached to an aromatic ring is 3. The molecule has 0 unspecified atom stereocenters. The maximum absolute atomic E-state index is 13.4. The molecular weight excluding hydrogens is 1580 g/mol.